The topological polar surface area (TPSA) is 90.9 Å². The summed E-state index contributed by atoms with van der Waals surface area (Å²) in [7, 11) is 0. The fourth-order valence-corrected chi connectivity index (χ4v) is 3.29. The van der Waals surface area contributed by atoms with Crippen LogP contribution in [0.3, 0.4) is 0 Å². The van der Waals surface area contributed by atoms with Gasteiger partial charge in [-0.2, -0.15) is 5.10 Å². The molecular weight excluding hydrogens is 336 g/mol. The van der Waals surface area contributed by atoms with Gasteiger partial charge in [-0.1, -0.05) is 0 Å². The molecule has 3 rings (SSSR count). The zero-order valence-corrected chi connectivity index (χ0v) is 15.8. The number of anilines is 2. The van der Waals surface area contributed by atoms with Crippen LogP contribution in [0.5, 0.6) is 0 Å². The maximum atomic E-state index is 11.8. The zero-order valence-electron chi connectivity index (χ0n) is 15.0. The van der Waals surface area contributed by atoms with Crippen LogP contribution in [0.15, 0.2) is 24.4 Å². The van der Waals surface area contributed by atoms with E-state index in [4.69, 9.17) is 0 Å². The van der Waals surface area contributed by atoms with Gasteiger partial charge in [-0.05, 0) is 63.9 Å². The number of benzene rings is 1. The molecule has 6 nitrogen and oxygen atoms in total. The van der Waals surface area contributed by atoms with E-state index >= 15 is 0 Å². The average molecular weight is 358 g/mol. The first-order valence-corrected chi connectivity index (χ1v) is 9.12. The Balaban J connectivity index is 2.17. The van der Waals surface area contributed by atoms with Gasteiger partial charge in [-0.15, -0.1) is 0 Å². The van der Waals surface area contributed by atoms with Crippen LogP contribution in [0.4, 0.5) is 11.5 Å². The Bertz CT molecular complexity index is 979. The third-order valence-electron chi connectivity index (χ3n) is 4.68. The second-order valence-corrected chi connectivity index (χ2v) is 8.27. The highest BCUT2D eigenvalue weighted by molar-refractivity contribution is 7.80. The van der Waals surface area contributed by atoms with Crippen LogP contribution in [-0.2, 0) is 15.8 Å². The van der Waals surface area contributed by atoms with Gasteiger partial charge >= 0.3 is 0 Å². The molecule has 3 aromatic rings. The van der Waals surface area contributed by atoms with Crippen LogP contribution >= 0.6 is 0 Å². The molecule has 0 fully saturated rings. The fourth-order valence-electron chi connectivity index (χ4n) is 2.88. The Morgan fingerprint density at radius 1 is 1.24 bits per heavy atom. The van der Waals surface area contributed by atoms with Gasteiger partial charge in [0.1, 0.15) is 0 Å². The molecule has 1 unspecified atom stereocenters. The molecular formula is C18H22N4O2S. The maximum Gasteiger partial charge on any atom is 0.163 e. The second-order valence-electron chi connectivity index (χ2n) is 6.75. The van der Waals surface area contributed by atoms with Crippen molar-refractivity contribution in [3.8, 4) is 0 Å². The molecule has 0 radical (unpaired) electrons. The predicted molar refractivity (Wildman–Crippen MR) is 102 cm³/mol. The van der Waals surface area contributed by atoms with Gasteiger partial charge in [0.2, 0.25) is 0 Å². The van der Waals surface area contributed by atoms with E-state index in [1.54, 1.807) is 20.0 Å². The molecule has 0 saturated heterocycles. The molecule has 3 N–H and O–H groups in total. The van der Waals surface area contributed by atoms with Crippen molar-refractivity contribution in [2.45, 2.75) is 39.4 Å². The van der Waals surface area contributed by atoms with E-state index in [9.17, 15) is 8.76 Å². The minimum absolute atomic E-state index is 0.761. The van der Waals surface area contributed by atoms with Crippen molar-refractivity contribution in [3.63, 3.8) is 0 Å². The van der Waals surface area contributed by atoms with E-state index in [-0.39, 0.29) is 0 Å². The summed E-state index contributed by atoms with van der Waals surface area (Å²) < 4.78 is 20.6. The standard InChI is InChI=1S/C18H22N4O2S/c1-10-8-16-13(9-14(10)18(4,5)25(23)24)15(6-7-19-16)20-17-11(2)12(3)21-22-17/h6-9H,1-5H3,(H,23,24)(H2,19,20,21,22). The number of aromatic amines is 1. The zero-order chi connectivity index (χ0) is 18.4. The maximum absolute atomic E-state index is 11.8. The van der Waals surface area contributed by atoms with E-state index in [1.165, 1.54) is 0 Å². The monoisotopic (exact) mass is 358 g/mol. The summed E-state index contributed by atoms with van der Waals surface area (Å²) >= 11 is -1.98. The highest BCUT2D eigenvalue weighted by Crippen LogP contribution is 2.34. The lowest BCUT2D eigenvalue weighted by Gasteiger charge is -2.24. The molecule has 0 amide bonds. The van der Waals surface area contributed by atoms with Crippen molar-refractivity contribution in [1.82, 2.24) is 15.2 Å². The summed E-state index contributed by atoms with van der Waals surface area (Å²) in [4.78, 5) is 4.43. The first kappa shape index (κ1) is 17.6. The lowest BCUT2D eigenvalue weighted by atomic mass is 9.94. The summed E-state index contributed by atoms with van der Waals surface area (Å²) in [5, 5.41) is 11.5. The summed E-state index contributed by atoms with van der Waals surface area (Å²) in [6.45, 7) is 9.44. The summed E-state index contributed by atoms with van der Waals surface area (Å²) in [6, 6.07) is 5.78. The molecule has 2 heterocycles. The van der Waals surface area contributed by atoms with Gasteiger partial charge in [0.15, 0.2) is 16.9 Å². The molecule has 0 saturated carbocycles. The number of fused-ring (bicyclic) bond motifs is 1. The van der Waals surface area contributed by atoms with Gasteiger partial charge in [-0.25, -0.2) is 4.21 Å². The molecule has 0 aliphatic heterocycles. The van der Waals surface area contributed by atoms with Crippen molar-refractivity contribution in [3.05, 3.63) is 46.8 Å². The molecule has 0 aliphatic rings. The SMILES string of the molecule is Cc1cc2nccc(Nc3n[nH]c(C)c3C)c2cc1C(C)(C)S(=O)O. The van der Waals surface area contributed by atoms with Crippen LogP contribution in [0.1, 0.15) is 36.2 Å². The van der Waals surface area contributed by atoms with Gasteiger partial charge in [-0.3, -0.25) is 10.1 Å². The van der Waals surface area contributed by atoms with Gasteiger partial charge < -0.3 is 9.87 Å². The number of aromatic nitrogens is 3. The Labute approximate surface area is 149 Å². The molecule has 25 heavy (non-hydrogen) atoms. The third kappa shape index (κ3) is 3.05. The van der Waals surface area contributed by atoms with Crippen LogP contribution in [0, 0.1) is 20.8 Å². The number of nitrogens with one attached hydrogen (secondary N) is 2. The minimum atomic E-state index is -1.98. The van der Waals surface area contributed by atoms with E-state index in [0.717, 1.165) is 44.8 Å². The number of hydrogen-bond acceptors (Lipinski definition) is 4. The van der Waals surface area contributed by atoms with Crippen LogP contribution < -0.4 is 5.32 Å². The number of hydrogen-bond donors (Lipinski definition) is 3. The molecule has 1 aromatic carbocycles. The summed E-state index contributed by atoms with van der Waals surface area (Å²) in [5.41, 5.74) is 5.52. The van der Waals surface area contributed by atoms with Crippen molar-refractivity contribution in [2.24, 2.45) is 0 Å². The molecule has 0 bridgehead atoms. The number of H-pyrrole nitrogens is 1. The highest BCUT2D eigenvalue weighted by atomic mass is 32.2. The van der Waals surface area contributed by atoms with E-state index in [1.807, 2.05) is 39.0 Å². The van der Waals surface area contributed by atoms with E-state index < -0.39 is 15.8 Å². The third-order valence-corrected chi connectivity index (χ3v) is 5.77. The second kappa shape index (κ2) is 6.24. The minimum Gasteiger partial charge on any atom is -0.338 e. The smallest absolute Gasteiger partial charge is 0.163 e. The van der Waals surface area contributed by atoms with Gasteiger partial charge in [0.05, 0.1) is 16.0 Å². The Morgan fingerprint density at radius 2 is 1.96 bits per heavy atom. The largest absolute Gasteiger partial charge is 0.338 e. The summed E-state index contributed by atoms with van der Waals surface area (Å²) in [5.74, 6) is 0.761. The van der Waals surface area contributed by atoms with E-state index in [0.29, 0.717) is 0 Å². The molecule has 0 aliphatic carbocycles. The van der Waals surface area contributed by atoms with Crippen molar-refractivity contribution in [1.29, 1.82) is 0 Å². The van der Waals surface area contributed by atoms with Gasteiger partial charge in [0, 0.05) is 22.8 Å². The van der Waals surface area contributed by atoms with Crippen molar-refractivity contribution >= 4 is 33.5 Å². The molecule has 2 aromatic heterocycles. The number of pyridine rings is 1. The first-order valence-electron chi connectivity index (χ1n) is 8.01. The van der Waals surface area contributed by atoms with Gasteiger partial charge in [0.25, 0.3) is 0 Å². The predicted octanol–water partition coefficient (Wildman–Crippen LogP) is 4.08. The average Bonchev–Trinajstić information content (AvgIpc) is 2.86. The normalized spacial score (nSPS) is 13.2. The Hall–Kier alpha value is -2.25. The number of aryl methyl sites for hydroxylation is 2. The quantitative estimate of drug-likeness (QED) is 0.611. The van der Waals surface area contributed by atoms with Crippen LogP contribution in [-0.4, -0.2) is 23.9 Å². The lowest BCUT2D eigenvalue weighted by molar-refractivity contribution is 0.522. The number of nitrogens with zero attached hydrogens (tertiary/aromatic N) is 2. The Kier molecular flexibility index (Phi) is 4.38. The number of rotatable bonds is 4. The highest BCUT2D eigenvalue weighted by Gasteiger charge is 2.29. The molecule has 7 heteroatoms. The van der Waals surface area contributed by atoms with Crippen molar-refractivity contribution in [2.75, 3.05) is 5.32 Å². The Morgan fingerprint density at radius 3 is 2.56 bits per heavy atom. The van der Waals surface area contributed by atoms with E-state index in [2.05, 4.69) is 20.5 Å². The first-order chi connectivity index (χ1) is 11.7. The van der Waals surface area contributed by atoms with Crippen molar-refractivity contribution < 1.29 is 8.76 Å². The molecule has 1 atom stereocenters. The summed E-state index contributed by atoms with van der Waals surface area (Å²) in [6.07, 6.45) is 1.74. The van der Waals surface area contributed by atoms with Crippen LogP contribution in [0.2, 0.25) is 0 Å². The molecule has 132 valence electrons. The fraction of sp³-hybridized carbons (Fsp3) is 0.333. The lowest BCUT2D eigenvalue weighted by Crippen LogP contribution is -2.24. The van der Waals surface area contributed by atoms with Crippen LogP contribution in [0.25, 0.3) is 10.9 Å². The molecule has 0 spiro atoms.